The van der Waals surface area contributed by atoms with E-state index in [9.17, 15) is 9.59 Å². The average Bonchev–Trinajstić information content (AvgIpc) is 2.58. The van der Waals surface area contributed by atoms with Crippen molar-refractivity contribution >= 4 is 17.5 Å². The van der Waals surface area contributed by atoms with Gasteiger partial charge in [-0.15, -0.1) is 0 Å². The molecule has 0 aromatic heterocycles. The van der Waals surface area contributed by atoms with E-state index in [4.69, 9.17) is 0 Å². The highest BCUT2D eigenvalue weighted by Crippen LogP contribution is 2.17. The molecule has 0 unspecified atom stereocenters. The third-order valence-electron chi connectivity index (χ3n) is 4.27. The SMILES string of the molecule is CC(=O)N1CCC(C(=O)NCC#Cc2ccccc2N(C)C)CC1. The summed E-state index contributed by atoms with van der Waals surface area (Å²) in [5.74, 6) is 6.24. The first kappa shape index (κ1) is 17.9. The maximum absolute atomic E-state index is 12.2. The molecule has 1 N–H and O–H groups in total. The molecule has 1 heterocycles. The molecular formula is C19H25N3O2. The summed E-state index contributed by atoms with van der Waals surface area (Å²) in [5, 5.41) is 2.89. The Morgan fingerprint density at radius 3 is 2.54 bits per heavy atom. The van der Waals surface area contributed by atoms with Crippen molar-refractivity contribution in [1.82, 2.24) is 10.2 Å². The molecule has 0 radical (unpaired) electrons. The van der Waals surface area contributed by atoms with E-state index < -0.39 is 0 Å². The molecule has 24 heavy (non-hydrogen) atoms. The standard InChI is InChI=1S/C19H25N3O2/c1-15(23)22-13-10-17(11-14-22)19(24)20-12-6-8-16-7-4-5-9-18(16)21(2)3/h4-5,7,9,17H,10-14H2,1-3H3,(H,20,24). The first-order valence-electron chi connectivity index (χ1n) is 8.27. The monoisotopic (exact) mass is 327 g/mol. The maximum Gasteiger partial charge on any atom is 0.223 e. The zero-order chi connectivity index (χ0) is 17.5. The topological polar surface area (TPSA) is 52.7 Å². The molecule has 0 atom stereocenters. The van der Waals surface area contributed by atoms with E-state index in [1.54, 1.807) is 11.8 Å². The molecule has 1 saturated heterocycles. The Kier molecular flexibility index (Phi) is 6.25. The number of piperidine rings is 1. The number of hydrogen-bond acceptors (Lipinski definition) is 3. The largest absolute Gasteiger partial charge is 0.377 e. The molecule has 0 spiro atoms. The van der Waals surface area contributed by atoms with Crippen LogP contribution in [0.3, 0.4) is 0 Å². The number of para-hydroxylation sites is 1. The van der Waals surface area contributed by atoms with Crippen LogP contribution in [-0.4, -0.2) is 50.4 Å². The van der Waals surface area contributed by atoms with E-state index in [0.717, 1.165) is 24.1 Å². The number of nitrogens with zero attached hydrogens (tertiary/aromatic N) is 2. The highest BCUT2D eigenvalue weighted by molar-refractivity contribution is 5.79. The van der Waals surface area contributed by atoms with Gasteiger partial charge in [0.2, 0.25) is 11.8 Å². The van der Waals surface area contributed by atoms with E-state index in [1.165, 1.54) is 0 Å². The number of carbonyl (C=O) groups excluding carboxylic acids is 2. The molecule has 1 aromatic carbocycles. The van der Waals surface area contributed by atoms with Crippen LogP contribution in [0, 0.1) is 17.8 Å². The van der Waals surface area contributed by atoms with Crippen LogP contribution in [0.2, 0.25) is 0 Å². The average molecular weight is 327 g/mol. The minimum absolute atomic E-state index is 0.0172. The second kappa shape index (κ2) is 8.39. The molecule has 2 amide bonds. The summed E-state index contributed by atoms with van der Waals surface area (Å²) < 4.78 is 0. The molecule has 1 aliphatic heterocycles. The Balaban J connectivity index is 1.83. The molecular weight excluding hydrogens is 302 g/mol. The van der Waals surface area contributed by atoms with Crippen molar-refractivity contribution in [1.29, 1.82) is 0 Å². The smallest absolute Gasteiger partial charge is 0.223 e. The van der Waals surface area contributed by atoms with E-state index in [1.807, 2.05) is 43.3 Å². The van der Waals surface area contributed by atoms with Gasteiger partial charge in [0.05, 0.1) is 12.2 Å². The molecule has 0 saturated carbocycles. The van der Waals surface area contributed by atoms with E-state index in [-0.39, 0.29) is 17.7 Å². The van der Waals surface area contributed by atoms with Gasteiger partial charge in [-0.2, -0.15) is 0 Å². The van der Waals surface area contributed by atoms with Gasteiger partial charge in [-0.3, -0.25) is 9.59 Å². The molecule has 128 valence electrons. The van der Waals surface area contributed by atoms with Crippen molar-refractivity contribution in [3.05, 3.63) is 29.8 Å². The predicted molar refractivity (Wildman–Crippen MR) is 95.6 cm³/mol. The highest BCUT2D eigenvalue weighted by Gasteiger charge is 2.25. The van der Waals surface area contributed by atoms with Crippen molar-refractivity contribution in [3.63, 3.8) is 0 Å². The number of amides is 2. The van der Waals surface area contributed by atoms with Crippen molar-refractivity contribution < 1.29 is 9.59 Å². The van der Waals surface area contributed by atoms with Gasteiger partial charge in [-0.1, -0.05) is 24.0 Å². The third-order valence-corrected chi connectivity index (χ3v) is 4.27. The van der Waals surface area contributed by atoms with Crippen LogP contribution in [0.5, 0.6) is 0 Å². The Hall–Kier alpha value is -2.48. The van der Waals surface area contributed by atoms with Gasteiger partial charge in [-0.25, -0.2) is 0 Å². The lowest BCUT2D eigenvalue weighted by molar-refractivity contribution is -0.133. The van der Waals surface area contributed by atoms with E-state index in [0.29, 0.717) is 19.6 Å². The molecule has 1 fully saturated rings. The lowest BCUT2D eigenvalue weighted by Gasteiger charge is -2.30. The van der Waals surface area contributed by atoms with Crippen LogP contribution in [0.4, 0.5) is 5.69 Å². The minimum Gasteiger partial charge on any atom is -0.377 e. The summed E-state index contributed by atoms with van der Waals surface area (Å²) in [6, 6.07) is 7.93. The molecule has 1 aliphatic rings. The molecule has 0 bridgehead atoms. The van der Waals surface area contributed by atoms with E-state index in [2.05, 4.69) is 17.2 Å². The zero-order valence-corrected chi connectivity index (χ0v) is 14.6. The normalized spacial score (nSPS) is 14.5. The maximum atomic E-state index is 12.2. The Morgan fingerprint density at radius 2 is 1.92 bits per heavy atom. The van der Waals surface area contributed by atoms with Crippen LogP contribution in [-0.2, 0) is 9.59 Å². The first-order chi connectivity index (χ1) is 11.5. The number of anilines is 1. The van der Waals surface area contributed by atoms with Crippen LogP contribution >= 0.6 is 0 Å². The van der Waals surface area contributed by atoms with Gasteiger partial charge < -0.3 is 15.1 Å². The van der Waals surface area contributed by atoms with Crippen molar-refractivity contribution in [2.45, 2.75) is 19.8 Å². The van der Waals surface area contributed by atoms with Crippen LogP contribution in [0.25, 0.3) is 0 Å². The van der Waals surface area contributed by atoms with Crippen LogP contribution < -0.4 is 10.2 Å². The predicted octanol–water partition coefficient (Wildman–Crippen LogP) is 1.48. The fraction of sp³-hybridized carbons (Fsp3) is 0.474. The number of nitrogens with one attached hydrogen (secondary N) is 1. The minimum atomic E-state index is -0.0172. The number of likely N-dealkylation sites (tertiary alicyclic amines) is 1. The summed E-state index contributed by atoms with van der Waals surface area (Å²) in [4.78, 5) is 27.3. The van der Waals surface area contributed by atoms with Crippen molar-refractivity contribution in [2.24, 2.45) is 5.92 Å². The van der Waals surface area contributed by atoms with E-state index >= 15 is 0 Å². The molecule has 5 nitrogen and oxygen atoms in total. The lowest BCUT2D eigenvalue weighted by atomic mass is 9.96. The summed E-state index contributed by atoms with van der Waals surface area (Å²) in [7, 11) is 3.96. The van der Waals surface area contributed by atoms with Gasteiger partial charge in [0.1, 0.15) is 0 Å². The quantitative estimate of drug-likeness (QED) is 0.856. The third kappa shape index (κ3) is 4.76. The number of hydrogen-bond donors (Lipinski definition) is 1. The van der Waals surface area contributed by atoms with Gasteiger partial charge in [0.15, 0.2) is 0 Å². The lowest BCUT2D eigenvalue weighted by Crippen LogP contribution is -2.42. The number of benzene rings is 1. The Labute approximate surface area is 144 Å². The summed E-state index contributed by atoms with van der Waals surface area (Å²) in [6.45, 7) is 3.24. The number of rotatable bonds is 3. The summed E-state index contributed by atoms with van der Waals surface area (Å²) >= 11 is 0. The Morgan fingerprint density at radius 1 is 1.25 bits per heavy atom. The highest BCUT2D eigenvalue weighted by atomic mass is 16.2. The number of carbonyl (C=O) groups is 2. The Bertz CT molecular complexity index is 650. The van der Waals surface area contributed by atoms with Crippen LogP contribution in [0.15, 0.2) is 24.3 Å². The molecule has 1 aromatic rings. The molecule has 2 rings (SSSR count). The second-order valence-corrected chi connectivity index (χ2v) is 6.21. The van der Waals surface area contributed by atoms with Crippen molar-refractivity contribution in [3.8, 4) is 11.8 Å². The molecule has 0 aliphatic carbocycles. The summed E-state index contributed by atoms with van der Waals surface area (Å²) in [5.41, 5.74) is 2.01. The van der Waals surface area contributed by atoms with Gasteiger partial charge in [0.25, 0.3) is 0 Å². The molecule has 5 heteroatoms. The fourth-order valence-corrected chi connectivity index (χ4v) is 2.84. The fourth-order valence-electron chi connectivity index (χ4n) is 2.84. The van der Waals surface area contributed by atoms with Gasteiger partial charge >= 0.3 is 0 Å². The van der Waals surface area contributed by atoms with Crippen LogP contribution in [0.1, 0.15) is 25.3 Å². The summed E-state index contributed by atoms with van der Waals surface area (Å²) in [6.07, 6.45) is 1.45. The van der Waals surface area contributed by atoms with Gasteiger partial charge in [0, 0.05) is 45.6 Å². The first-order valence-corrected chi connectivity index (χ1v) is 8.27. The second-order valence-electron chi connectivity index (χ2n) is 6.21. The zero-order valence-electron chi connectivity index (χ0n) is 14.6. The van der Waals surface area contributed by atoms with Crippen molar-refractivity contribution in [2.75, 3.05) is 38.6 Å². The van der Waals surface area contributed by atoms with Gasteiger partial charge in [-0.05, 0) is 25.0 Å².